The maximum absolute atomic E-state index is 13.1. The van der Waals surface area contributed by atoms with Crippen LogP contribution >= 0.6 is 11.6 Å². The molecule has 0 aliphatic carbocycles. The van der Waals surface area contributed by atoms with Crippen molar-refractivity contribution >= 4 is 11.6 Å². The SMILES string of the molecule is C=C(C)/C=C(\CCN(C)NC(=C/C)/C(C)=C/C(Cl)=C\C=C(C)C)C(F)(F)F. The van der Waals surface area contributed by atoms with Crippen LogP contribution in [0.15, 0.2) is 70.0 Å². The summed E-state index contributed by atoms with van der Waals surface area (Å²) in [4.78, 5) is 0. The molecule has 6 heteroatoms. The molecular formula is C21H30ClF3N2. The van der Waals surface area contributed by atoms with E-state index < -0.39 is 11.7 Å². The molecule has 27 heavy (non-hydrogen) atoms. The zero-order valence-electron chi connectivity index (χ0n) is 17.0. The summed E-state index contributed by atoms with van der Waals surface area (Å²) in [6.07, 6.45) is 3.95. The maximum Gasteiger partial charge on any atom is 0.412 e. The summed E-state index contributed by atoms with van der Waals surface area (Å²) >= 11 is 6.19. The smallest absolute Gasteiger partial charge is 0.319 e. The zero-order valence-corrected chi connectivity index (χ0v) is 17.7. The number of nitrogens with zero attached hydrogens (tertiary/aromatic N) is 1. The topological polar surface area (TPSA) is 15.3 Å². The maximum atomic E-state index is 13.1. The highest BCUT2D eigenvalue weighted by Gasteiger charge is 2.33. The van der Waals surface area contributed by atoms with Gasteiger partial charge in [-0.05, 0) is 58.8 Å². The Morgan fingerprint density at radius 2 is 1.70 bits per heavy atom. The van der Waals surface area contributed by atoms with Gasteiger partial charge in [-0.15, -0.1) is 0 Å². The van der Waals surface area contributed by atoms with Crippen molar-refractivity contribution in [3.63, 3.8) is 0 Å². The lowest BCUT2D eigenvalue weighted by molar-refractivity contribution is -0.0946. The highest BCUT2D eigenvalue weighted by molar-refractivity contribution is 6.31. The van der Waals surface area contributed by atoms with Gasteiger partial charge in [0, 0.05) is 29.9 Å². The van der Waals surface area contributed by atoms with Crippen molar-refractivity contribution in [2.45, 2.75) is 47.2 Å². The van der Waals surface area contributed by atoms with Crippen molar-refractivity contribution in [3.05, 3.63) is 70.0 Å². The molecule has 0 aliphatic rings. The van der Waals surface area contributed by atoms with Gasteiger partial charge in [-0.3, -0.25) is 0 Å². The van der Waals surface area contributed by atoms with Gasteiger partial charge in [0.05, 0.1) is 0 Å². The van der Waals surface area contributed by atoms with E-state index in [1.165, 1.54) is 0 Å². The molecule has 152 valence electrons. The normalized spacial score (nSPS) is 14.5. The first kappa shape index (κ1) is 25.3. The molecule has 0 aromatic carbocycles. The lowest BCUT2D eigenvalue weighted by atomic mass is 10.1. The van der Waals surface area contributed by atoms with Crippen LogP contribution in [0.4, 0.5) is 13.2 Å². The van der Waals surface area contributed by atoms with Crippen LogP contribution in [0.2, 0.25) is 0 Å². The molecule has 0 amide bonds. The Bertz CT molecular complexity index is 661. The third-order valence-corrected chi connectivity index (χ3v) is 3.69. The van der Waals surface area contributed by atoms with Gasteiger partial charge in [0.2, 0.25) is 0 Å². The van der Waals surface area contributed by atoms with E-state index in [9.17, 15) is 13.2 Å². The molecule has 0 bridgehead atoms. The lowest BCUT2D eigenvalue weighted by Crippen LogP contribution is -2.35. The summed E-state index contributed by atoms with van der Waals surface area (Å²) < 4.78 is 39.2. The van der Waals surface area contributed by atoms with Crippen LogP contribution in [0.25, 0.3) is 0 Å². The molecule has 0 saturated carbocycles. The van der Waals surface area contributed by atoms with Gasteiger partial charge in [-0.2, -0.15) is 13.2 Å². The summed E-state index contributed by atoms with van der Waals surface area (Å²) in [5.74, 6) is 0. The van der Waals surface area contributed by atoms with Crippen LogP contribution in [0.3, 0.4) is 0 Å². The molecule has 0 aromatic rings. The minimum atomic E-state index is -4.36. The second kappa shape index (κ2) is 11.9. The Hall–Kier alpha value is -1.72. The summed E-state index contributed by atoms with van der Waals surface area (Å²) in [5.41, 5.74) is 5.67. The van der Waals surface area contributed by atoms with Crippen LogP contribution in [-0.2, 0) is 0 Å². The first-order valence-corrected chi connectivity index (χ1v) is 9.01. The number of hydrazine groups is 1. The fourth-order valence-corrected chi connectivity index (χ4v) is 2.33. The zero-order chi connectivity index (χ0) is 21.2. The second-order valence-corrected chi connectivity index (χ2v) is 7.06. The summed E-state index contributed by atoms with van der Waals surface area (Å²) in [7, 11) is 1.70. The quantitative estimate of drug-likeness (QED) is 0.336. The molecule has 1 N–H and O–H groups in total. The van der Waals surface area contributed by atoms with E-state index in [-0.39, 0.29) is 13.0 Å². The van der Waals surface area contributed by atoms with Crippen LogP contribution < -0.4 is 5.43 Å². The predicted molar refractivity (Wildman–Crippen MR) is 110 cm³/mol. The molecule has 0 heterocycles. The predicted octanol–water partition coefficient (Wildman–Crippen LogP) is 6.82. The van der Waals surface area contributed by atoms with E-state index in [2.05, 4.69) is 12.0 Å². The summed E-state index contributed by atoms with van der Waals surface area (Å²) in [6, 6.07) is 0. The Morgan fingerprint density at radius 1 is 1.11 bits per heavy atom. The monoisotopic (exact) mass is 402 g/mol. The highest BCUT2D eigenvalue weighted by atomic mass is 35.5. The van der Waals surface area contributed by atoms with Crippen molar-refractivity contribution in [1.29, 1.82) is 0 Å². The third-order valence-electron chi connectivity index (χ3n) is 3.46. The summed E-state index contributed by atoms with van der Waals surface area (Å²) in [6.45, 7) is 12.9. The van der Waals surface area contributed by atoms with Crippen molar-refractivity contribution in [3.8, 4) is 0 Å². The van der Waals surface area contributed by atoms with Crippen LogP contribution in [0.1, 0.15) is 41.0 Å². The molecule has 0 aromatic heterocycles. The van der Waals surface area contributed by atoms with Crippen molar-refractivity contribution in [2.75, 3.05) is 13.6 Å². The van der Waals surface area contributed by atoms with Gasteiger partial charge in [-0.1, -0.05) is 47.6 Å². The van der Waals surface area contributed by atoms with E-state index in [0.717, 1.165) is 22.9 Å². The third kappa shape index (κ3) is 11.6. The fraction of sp³-hybridized carbons (Fsp3) is 0.429. The van der Waals surface area contributed by atoms with Gasteiger partial charge in [0.1, 0.15) is 0 Å². The van der Waals surface area contributed by atoms with Crippen LogP contribution in [0, 0.1) is 0 Å². The molecule has 0 aliphatic heterocycles. The molecule has 0 radical (unpaired) electrons. The molecule has 0 unspecified atom stereocenters. The van der Waals surface area contributed by atoms with Crippen LogP contribution in [0.5, 0.6) is 0 Å². The van der Waals surface area contributed by atoms with Crippen molar-refractivity contribution in [2.24, 2.45) is 0 Å². The molecule has 0 fully saturated rings. The van der Waals surface area contributed by atoms with Gasteiger partial charge < -0.3 is 5.43 Å². The van der Waals surface area contributed by atoms with E-state index >= 15 is 0 Å². The molecule has 0 spiro atoms. The minimum Gasteiger partial charge on any atom is -0.319 e. The summed E-state index contributed by atoms with van der Waals surface area (Å²) in [5, 5.41) is 2.19. The Balaban J connectivity index is 5.05. The van der Waals surface area contributed by atoms with Gasteiger partial charge in [0.25, 0.3) is 0 Å². The average Bonchev–Trinajstić information content (AvgIpc) is 2.52. The number of hydrogen-bond acceptors (Lipinski definition) is 2. The first-order valence-electron chi connectivity index (χ1n) is 8.63. The standard InChI is InChI=1S/C21H30ClF3N2/c1-8-20(17(6)14-19(22)10-9-15(2)3)26-27(7)12-11-18(13-16(4)5)21(23,24)25/h8-10,13-14,26H,4,11-12H2,1-3,5-7H3/b17-14+,18-13+,19-10+,20-8+. The number of nitrogens with one attached hydrogen (secondary N) is 1. The van der Waals surface area contributed by atoms with E-state index in [4.69, 9.17) is 11.6 Å². The van der Waals surface area contributed by atoms with E-state index in [0.29, 0.717) is 10.6 Å². The number of hydrogen-bond donors (Lipinski definition) is 1. The molecule has 0 rings (SSSR count). The van der Waals surface area contributed by atoms with Gasteiger partial charge in [-0.25, -0.2) is 5.01 Å². The highest BCUT2D eigenvalue weighted by Crippen LogP contribution is 2.29. The van der Waals surface area contributed by atoms with E-state index in [1.807, 2.05) is 39.8 Å². The number of allylic oxidation sites excluding steroid dienone is 9. The van der Waals surface area contributed by atoms with Gasteiger partial charge in [0.15, 0.2) is 0 Å². The Morgan fingerprint density at radius 3 is 2.15 bits per heavy atom. The van der Waals surface area contributed by atoms with Crippen LogP contribution in [-0.4, -0.2) is 24.8 Å². The number of alkyl halides is 3. The lowest BCUT2D eigenvalue weighted by Gasteiger charge is -2.23. The molecule has 0 atom stereocenters. The van der Waals surface area contributed by atoms with E-state index in [1.54, 1.807) is 31.1 Å². The fourth-order valence-electron chi connectivity index (χ4n) is 2.10. The first-order chi connectivity index (χ1) is 12.4. The molecule has 2 nitrogen and oxygen atoms in total. The second-order valence-electron chi connectivity index (χ2n) is 6.62. The Labute approximate surface area is 166 Å². The average molecular weight is 403 g/mol. The Kier molecular flexibility index (Phi) is 11.1. The van der Waals surface area contributed by atoms with Crippen molar-refractivity contribution < 1.29 is 13.2 Å². The van der Waals surface area contributed by atoms with Gasteiger partial charge >= 0.3 is 6.18 Å². The molecule has 0 saturated heterocycles. The van der Waals surface area contributed by atoms with Crippen molar-refractivity contribution in [1.82, 2.24) is 10.4 Å². The molecular weight excluding hydrogens is 373 g/mol. The number of halogens is 4. The largest absolute Gasteiger partial charge is 0.412 e. The minimum absolute atomic E-state index is 0.138. The number of rotatable bonds is 9.